The molecular weight excluding hydrogens is 336 g/mol. The second kappa shape index (κ2) is 5.70. The van der Waals surface area contributed by atoms with Gasteiger partial charge in [0.1, 0.15) is 5.82 Å². The van der Waals surface area contributed by atoms with Gasteiger partial charge in [-0.1, -0.05) is 30.3 Å². The Labute approximate surface area is 128 Å². The SMILES string of the molecule is NNc1cc(-c2ccccc2)nc(-c2sccc2Br)n1. The van der Waals surface area contributed by atoms with Gasteiger partial charge in [-0.25, -0.2) is 15.8 Å². The van der Waals surface area contributed by atoms with Crippen molar-refractivity contribution >= 4 is 33.1 Å². The first-order chi connectivity index (χ1) is 9.78. The van der Waals surface area contributed by atoms with Gasteiger partial charge in [-0.15, -0.1) is 11.3 Å². The van der Waals surface area contributed by atoms with Crippen molar-refractivity contribution < 1.29 is 0 Å². The van der Waals surface area contributed by atoms with Gasteiger partial charge in [0.05, 0.1) is 10.6 Å². The van der Waals surface area contributed by atoms with Crippen LogP contribution in [0.15, 0.2) is 52.3 Å². The molecule has 0 unspecified atom stereocenters. The molecule has 3 N–H and O–H groups in total. The standard InChI is InChI=1S/C14H11BrN4S/c15-10-6-7-20-13(10)14-17-11(8-12(18-14)19-16)9-4-2-1-3-5-9/h1-8H,16H2,(H,17,18,19). The zero-order valence-corrected chi connectivity index (χ0v) is 12.8. The van der Waals surface area contributed by atoms with E-state index >= 15 is 0 Å². The number of rotatable bonds is 3. The Bertz CT molecular complexity index is 727. The van der Waals surface area contributed by atoms with Crippen molar-refractivity contribution in [2.45, 2.75) is 0 Å². The van der Waals surface area contributed by atoms with Crippen molar-refractivity contribution in [3.63, 3.8) is 0 Å². The van der Waals surface area contributed by atoms with Crippen molar-refractivity contribution in [3.8, 4) is 22.0 Å². The van der Waals surface area contributed by atoms with Gasteiger partial charge < -0.3 is 5.43 Å². The van der Waals surface area contributed by atoms with Crippen LogP contribution in [0, 0.1) is 0 Å². The Morgan fingerprint density at radius 3 is 2.55 bits per heavy atom. The quantitative estimate of drug-likeness (QED) is 0.557. The Morgan fingerprint density at radius 1 is 1.10 bits per heavy atom. The molecule has 3 rings (SSSR count). The van der Waals surface area contributed by atoms with Crippen LogP contribution in [0.25, 0.3) is 22.0 Å². The van der Waals surface area contributed by atoms with Gasteiger partial charge in [0.25, 0.3) is 0 Å². The lowest BCUT2D eigenvalue weighted by Crippen LogP contribution is -2.09. The van der Waals surface area contributed by atoms with Crippen molar-refractivity contribution in [1.29, 1.82) is 0 Å². The molecule has 2 aromatic heterocycles. The highest BCUT2D eigenvalue weighted by Gasteiger charge is 2.11. The van der Waals surface area contributed by atoms with Crippen LogP contribution < -0.4 is 11.3 Å². The van der Waals surface area contributed by atoms with Crippen molar-refractivity contribution in [3.05, 3.63) is 52.3 Å². The number of thiophene rings is 1. The van der Waals surface area contributed by atoms with Crippen molar-refractivity contribution in [1.82, 2.24) is 9.97 Å². The summed E-state index contributed by atoms with van der Waals surface area (Å²) in [6, 6.07) is 13.8. The number of benzene rings is 1. The van der Waals surface area contributed by atoms with E-state index in [1.54, 1.807) is 11.3 Å². The summed E-state index contributed by atoms with van der Waals surface area (Å²) in [6.45, 7) is 0. The molecule has 0 aliphatic heterocycles. The zero-order valence-electron chi connectivity index (χ0n) is 10.4. The summed E-state index contributed by atoms with van der Waals surface area (Å²) >= 11 is 5.09. The Morgan fingerprint density at radius 2 is 1.90 bits per heavy atom. The lowest BCUT2D eigenvalue weighted by atomic mass is 10.1. The van der Waals surface area contributed by atoms with Crippen LogP contribution in [0.2, 0.25) is 0 Å². The number of aromatic nitrogens is 2. The lowest BCUT2D eigenvalue weighted by Gasteiger charge is -2.07. The monoisotopic (exact) mass is 346 g/mol. The normalized spacial score (nSPS) is 10.5. The van der Waals surface area contributed by atoms with E-state index in [0.717, 1.165) is 20.6 Å². The van der Waals surface area contributed by atoms with Gasteiger partial charge in [-0.2, -0.15) is 0 Å². The summed E-state index contributed by atoms with van der Waals surface area (Å²) in [5.41, 5.74) is 4.46. The summed E-state index contributed by atoms with van der Waals surface area (Å²) in [5.74, 6) is 6.75. The minimum absolute atomic E-state index is 0.592. The molecule has 0 aliphatic rings. The minimum Gasteiger partial charge on any atom is -0.308 e. The number of anilines is 1. The maximum absolute atomic E-state index is 5.51. The van der Waals surface area contributed by atoms with Crippen LogP contribution >= 0.6 is 27.3 Å². The van der Waals surface area contributed by atoms with Crippen LogP contribution in [0.5, 0.6) is 0 Å². The van der Waals surface area contributed by atoms with Crippen LogP contribution in [0.4, 0.5) is 5.82 Å². The van der Waals surface area contributed by atoms with E-state index in [1.807, 2.05) is 47.8 Å². The maximum Gasteiger partial charge on any atom is 0.173 e. The molecule has 100 valence electrons. The third-order valence-corrected chi connectivity index (χ3v) is 4.60. The predicted molar refractivity (Wildman–Crippen MR) is 86.3 cm³/mol. The molecule has 0 aliphatic carbocycles. The van der Waals surface area contributed by atoms with Gasteiger partial charge in [0.2, 0.25) is 0 Å². The van der Waals surface area contributed by atoms with E-state index in [9.17, 15) is 0 Å². The highest BCUT2D eigenvalue weighted by Crippen LogP contribution is 2.33. The number of nitrogens with zero attached hydrogens (tertiary/aromatic N) is 2. The lowest BCUT2D eigenvalue weighted by molar-refractivity contribution is 1.15. The van der Waals surface area contributed by atoms with E-state index < -0.39 is 0 Å². The first-order valence-electron chi connectivity index (χ1n) is 5.92. The molecule has 0 amide bonds. The van der Waals surface area contributed by atoms with E-state index in [2.05, 4.69) is 31.3 Å². The fraction of sp³-hybridized carbons (Fsp3) is 0. The third kappa shape index (κ3) is 2.58. The summed E-state index contributed by atoms with van der Waals surface area (Å²) in [4.78, 5) is 10.0. The second-order valence-electron chi connectivity index (χ2n) is 4.07. The number of nitrogens with one attached hydrogen (secondary N) is 1. The number of hydrogen-bond donors (Lipinski definition) is 2. The summed E-state index contributed by atoms with van der Waals surface area (Å²) in [7, 11) is 0. The molecule has 0 atom stereocenters. The number of halogens is 1. The summed E-state index contributed by atoms with van der Waals surface area (Å²) in [6.07, 6.45) is 0. The Kier molecular flexibility index (Phi) is 3.77. The predicted octanol–water partition coefficient (Wildman–Crippen LogP) is 3.92. The Balaban J connectivity index is 2.15. The highest BCUT2D eigenvalue weighted by atomic mass is 79.9. The number of hydrogen-bond acceptors (Lipinski definition) is 5. The fourth-order valence-corrected chi connectivity index (χ4v) is 3.32. The molecule has 0 saturated carbocycles. The number of nitrogen functional groups attached to an aromatic ring is 1. The fourth-order valence-electron chi connectivity index (χ4n) is 1.83. The molecule has 0 saturated heterocycles. The van der Waals surface area contributed by atoms with Gasteiger partial charge in [-0.3, -0.25) is 0 Å². The van der Waals surface area contributed by atoms with Gasteiger partial charge >= 0.3 is 0 Å². The molecule has 0 spiro atoms. The van der Waals surface area contributed by atoms with Crippen molar-refractivity contribution in [2.24, 2.45) is 5.84 Å². The van der Waals surface area contributed by atoms with Gasteiger partial charge in [0.15, 0.2) is 5.82 Å². The summed E-state index contributed by atoms with van der Waals surface area (Å²) in [5, 5.41) is 1.99. The topological polar surface area (TPSA) is 63.8 Å². The average Bonchev–Trinajstić information content (AvgIpc) is 2.94. The van der Waals surface area contributed by atoms with Gasteiger partial charge in [-0.05, 0) is 27.4 Å². The largest absolute Gasteiger partial charge is 0.308 e. The molecule has 0 fully saturated rings. The molecule has 20 heavy (non-hydrogen) atoms. The van der Waals surface area contributed by atoms with Crippen LogP contribution in [-0.4, -0.2) is 9.97 Å². The highest BCUT2D eigenvalue weighted by molar-refractivity contribution is 9.10. The molecule has 3 aromatic rings. The van der Waals surface area contributed by atoms with E-state index in [-0.39, 0.29) is 0 Å². The van der Waals surface area contributed by atoms with Gasteiger partial charge in [0, 0.05) is 16.1 Å². The minimum atomic E-state index is 0.592. The summed E-state index contributed by atoms with van der Waals surface area (Å²) < 4.78 is 0.982. The second-order valence-corrected chi connectivity index (χ2v) is 5.84. The molecule has 6 heteroatoms. The first-order valence-corrected chi connectivity index (χ1v) is 7.59. The van der Waals surface area contributed by atoms with Crippen LogP contribution in [0.3, 0.4) is 0 Å². The first kappa shape index (κ1) is 13.2. The maximum atomic E-state index is 5.51. The molecule has 1 aromatic carbocycles. The van der Waals surface area contributed by atoms with E-state index in [1.165, 1.54) is 0 Å². The molecular formula is C14H11BrN4S. The molecule has 0 bridgehead atoms. The third-order valence-electron chi connectivity index (χ3n) is 2.76. The number of hydrazine groups is 1. The van der Waals surface area contributed by atoms with E-state index in [0.29, 0.717) is 11.6 Å². The molecule has 2 heterocycles. The average molecular weight is 347 g/mol. The molecule has 4 nitrogen and oxygen atoms in total. The zero-order chi connectivity index (χ0) is 13.9. The number of nitrogens with two attached hydrogens (primary N) is 1. The van der Waals surface area contributed by atoms with E-state index in [4.69, 9.17) is 5.84 Å². The van der Waals surface area contributed by atoms with Crippen LogP contribution in [0.1, 0.15) is 0 Å². The Hall–Kier alpha value is -1.76. The van der Waals surface area contributed by atoms with Crippen molar-refractivity contribution in [2.75, 3.05) is 5.43 Å². The smallest absolute Gasteiger partial charge is 0.173 e. The molecule has 0 radical (unpaired) electrons. The van der Waals surface area contributed by atoms with Crippen LogP contribution in [-0.2, 0) is 0 Å².